The fourth-order valence-corrected chi connectivity index (χ4v) is 5.68. The molecule has 5 aromatic carbocycles. The number of aromatic nitrogens is 3. The van der Waals surface area contributed by atoms with Gasteiger partial charge < -0.3 is 0 Å². The van der Waals surface area contributed by atoms with Gasteiger partial charge in [-0.05, 0) is 64.8 Å². The Morgan fingerprint density at radius 3 is 1.92 bits per heavy atom. The Kier molecular flexibility index (Phi) is 7.05. The maximum Gasteiger partial charge on any atom is 0.113 e. The minimum Gasteiger partial charge on any atom is -0.237 e. The number of fused-ring (bicyclic) bond motifs is 1. The molecule has 4 heteroatoms. The average Bonchev–Trinajstić information content (AvgIpc) is 3.42. The fourth-order valence-electron chi connectivity index (χ4n) is 5.27. The van der Waals surface area contributed by atoms with Crippen molar-refractivity contribution in [2.24, 2.45) is 0 Å². The number of rotatable bonds is 8. The first kappa shape index (κ1) is 24.2. The maximum absolute atomic E-state index is 4.72. The Labute approximate surface area is 228 Å². The van der Waals surface area contributed by atoms with Crippen LogP contribution in [0.25, 0.3) is 22.2 Å². The number of thioether (sulfide) groups is 1. The van der Waals surface area contributed by atoms with E-state index in [1.54, 1.807) is 11.8 Å². The van der Waals surface area contributed by atoms with Crippen LogP contribution >= 0.6 is 11.8 Å². The highest BCUT2D eigenvalue weighted by Gasteiger charge is 2.29. The third-order valence-corrected chi connectivity index (χ3v) is 7.97. The highest BCUT2D eigenvalue weighted by molar-refractivity contribution is 7.98. The van der Waals surface area contributed by atoms with Gasteiger partial charge in [-0.3, -0.25) is 0 Å². The Balaban J connectivity index is 1.48. The third kappa shape index (κ3) is 5.00. The second kappa shape index (κ2) is 11.1. The van der Waals surface area contributed by atoms with Gasteiger partial charge in [0.25, 0.3) is 0 Å². The standard InChI is InChI=1S/C34H29N3S/c1-38-30-22-20-27(21-23-30)26-16-18-29(19-17-26)34(37-33-15-9-8-14-32(33)35-36-37)31(28-12-6-3-7-13-28)24-25-10-4-2-5-11-25/h2-23,31,34H,24H2,1H3. The molecule has 38 heavy (non-hydrogen) atoms. The first-order valence-electron chi connectivity index (χ1n) is 12.9. The summed E-state index contributed by atoms with van der Waals surface area (Å²) in [6.07, 6.45) is 3.00. The van der Waals surface area contributed by atoms with E-state index >= 15 is 0 Å². The van der Waals surface area contributed by atoms with E-state index in [9.17, 15) is 0 Å². The van der Waals surface area contributed by atoms with E-state index in [1.807, 2.05) is 12.1 Å². The highest BCUT2D eigenvalue weighted by atomic mass is 32.2. The summed E-state index contributed by atoms with van der Waals surface area (Å²) in [7, 11) is 0. The van der Waals surface area contributed by atoms with Crippen molar-refractivity contribution in [3.8, 4) is 11.1 Å². The molecule has 186 valence electrons. The van der Waals surface area contributed by atoms with Gasteiger partial charge in [0.05, 0.1) is 11.6 Å². The summed E-state index contributed by atoms with van der Waals surface area (Å²) in [5.41, 5.74) is 8.20. The molecular weight excluding hydrogens is 482 g/mol. The molecule has 0 N–H and O–H groups in total. The van der Waals surface area contributed by atoms with Crippen molar-refractivity contribution in [1.29, 1.82) is 0 Å². The SMILES string of the molecule is CSc1ccc(-c2ccc(C(C(Cc3ccccc3)c3ccccc3)n3nnc4ccccc43)cc2)cc1. The zero-order valence-corrected chi connectivity index (χ0v) is 22.1. The van der Waals surface area contributed by atoms with Crippen LogP contribution in [-0.2, 0) is 6.42 Å². The van der Waals surface area contributed by atoms with Crippen molar-refractivity contribution in [3.63, 3.8) is 0 Å². The zero-order valence-electron chi connectivity index (χ0n) is 21.3. The van der Waals surface area contributed by atoms with Crippen molar-refractivity contribution in [3.05, 3.63) is 150 Å². The van der Waals surface area contributed by atoms with Crippen LogP contribution in [-0.4, -0.2) is 21.2 Å². The lowest BCUT2D eigenvalue weighted by Crippen LogP contribution is -2.22. The number of nitrogens with zero attached hydrogens (tertiary/aromatic N) is 3. The maximum atomic E-state index is 4.72. The molecule has 0 fully saturated rings. The summed E-state index contributed by atoms with van der Waals surface area (Å²) < 4.78 is 2.12. The molecule has 1 heterocycles. The van der Waals surface area contributed by atoms with Gasteiger partial charge in [0.15, 0.2) is 0 Å². The van der Waals surface area contributed by atoms with E-state index in [4.69, 9.17) is 5.21 Å². The normalized spacial score (nSPS) is 12.9. The molecule has 6 rings (SSSR count). The lowest BCUT2D eigenvalue weighted by Gasteiger charge is -2.29. The predicted octanol–water partition coefficient (Wildman–Crippen LogP) is 8.44. The topological polar surface area (TPSA) is 30.7 Å². The van der Waals surface area contributed by atoms with E-state index < -0.39 is 0 Å². The van der Waals surface area contributed by atoms with Gasteiger partial charge in [-0.1, -0.05) is 114 Å². The second-order valence-corrected chi connectivity index (χ2v) is 10.4. The van der Waals surface area contributed by atoms with Crippen LogP contribution in [0.15, 0.2) is 138 Å². The lowest BCUT2D eigenvalue weighted by atomic mass is 9.82. The Bertz CT molecular complexity index is 1610. The minimum absolute atomic E-state index is 0.0297. The van der Waals surface area contributed by atoms with Gasteiger partial charge >= 0.3 is 0 Å². The fraction of sp³-hybridized carbons (Fsp3) is 0.118. The number of hydrogen-bond acceptors (Lipinski definition) is 3. The Morgan fingerprint density at radius 2 is 1.24 bits per heavy atom. The van der Waals surface area contributed by atoms with Crippen molar-refractivity contribution >= 4 is 22.8 Å². The summed E-state index contributed by atoms with van der Waals surface area (Å²) in [4.78, 5) is 1.27. The van der Waals surface area contributed by atoms with Gasteiger partial charge in [0.1, 0.15) is 5.52 Å². The lowest BCUT2D eigenvalue weighted by molar-refractivity contribution is 0.433. The zero-order chi connectivity index (χ0) is 25.7. The molecule has 0 saturated carbocycles. The van der Waals surface area contributed by atoms with Crippen LogP contribution in [0.5, 0.6) is 0 Å². The van der Waals surface area contributed by atoms with Crippen molar-refractivity contribution in [1.82, 2.24) is 15.0 Å². The van der Waals surface area contributed by atoms with Crippen LogP contribution in [0.4, 0.5) is 0 Å². The molecule has 0 aliphatic heterocycles. The summed E-state index contributed by atoms with van der Waals surface area (Å²) in [5, 5.41) is 9.26. The van der Waals surface area contributed by atoms with Gasteiger partial charge in [-0.15, -0.1) is 16.9 Å². The molecule has 0 amide bonds. The molecule has 3 nitrogen and oxygen atoms in total. The first-order chi connectivity index (χ1) is 18.8. The van der Waals surface area contributed by atoms with Crippen molar-refractivity contribution in [2.75, 3.05) is 6.26 Å². The number of benzene rings is 5. The Hall–Kier alpha value is -4.15. The van der Waals surface area contributed by atoms with E-state index in [0.717, 1.165) is 17.5 Å². The molecule has 2 atom stereocenters. The summed E-state index contributed by atoms with van der Waals surface area (Å²) in [5.74, 6) is 0.162. The highest BCUT2D eigenvalue weighted by Crippen LogP contribution is 2.39. The van der Waals surface area contributed by atoms with E-state index in [0.29, 0.717) is 0 Å². The molecule has 0 spiro atoms. The Morgan fingerprint density at radius 1 is 0.632 bits per heavy atom. The smallest absolute Gasteiger partial charge is 0.113 e. The largest absolute Gasteiger partial charge is 0.237 e. The van der Waals surface area contributed by atoms with Gasteiger partial charge in [-0.25, -0.2) is 4.68 Å². The second-order valence-electron chi connectivity index (χ2n) is 9.52. The minimum atomic E-state index is -0.0297. The van der Waals surface area contributed by atoms with Crippen LogP contribution in [0, 0.1) is 0 Å². The molecule has 0 radical (unpaired) electrons. The van der Waals surface area contributed by atoms with Gasteiger partial charge in [0, 0.05) is 10.8 Å². The number of hydrogen-bond donors (Lipinski definition) is 0. The van der Waals surface area contributed by atoms with Crippen LogP contribution < -0.4 is 0 Å². The average molecular weight is 512 g/mol. The third-order valence-electron chi connectivity index (χ3n) is 7.22. The molecular formula is C34H29N3S. The summed E-state index contributed by atoms with van der Waals surface area (Å²) in [6, 6.07) is 47.5. The molecule has 0 saturated heterocycles. The summed E-state index contributed by atoms with van der Waals surface area (Å²) >= 11 is 1.76. The van der Waals surface area contributed by atoms with E-state index in [1.165, 1.54) is 32.7 Å². The monoisotopic (exact) mass is 511 g/mol. The molecule has 0 aliphatic carbocycles. The van der Waals surface area contributed by atoms with Crippen LogP contribution in [0.3, 0.4) is 0 Å². The van der Waals surface area contributed by atoms with Crippen molar-refractivity contribution < 1.29 is 0 Å². The van der Waals surface area contributed by atoms with Crippen LogP contribution in [0.2, 0.25) is 0 Å². The van der Waals surface area contributed by atoms with Crippen LogP contribution in [0.1, 0.15) is 28.7 Å². The summed E-state index contributed by atoms with van der Waals surface area (Å²) in [6.45, 7) is 0. The molecule has 6 aromatic rings. The molecule has 0 bridgehead atoms. The van der Waals surface area contributed by atoms with Gasteiger partial charge in [-0.2, -0.15) is 0 Å². The van der Waals surface area contributed by atoms with E-state index in [2.05, 4.69) is 137 Å². The van der Waals surface area contributed by atoms with E-state index in [-0.39, 0.29) is 12.0 Å². The van der Waals surface area contributed by atoms with Gasteiger partial charge in [0.2, 0.25) is 0 Å². The first-order valence-corrected chi connectivity index (χ1v) is 14.2. The number of para-hydroxylation sites is 1. The quantitative estimate of drug-likeness (QED) is 0.192. The molecule has 1 aromatic heterocycles. The molecule has 2 unspecified atom stereocenters. The van der Waals surface area contributed by atoms with Crippen molar-refractivity contribution in [2.45, 2.75) is 23.3 Å². The predicted molar refractivity (Wildman–Crippen MR) is 159 cm³/mol. The molecule has 0 aliphatic rings.